The lowest BCUT2D eigenvalue weighted by Crippen LogP contribution is -2.51. The summed E-state index contributed by atoms with van der Waals surface area (Å²) in [6, 6.07) is 6.65. The van der Waals surface area contributed by atoms with E-state index in [4.69, 9.17) is 0 Å². The van der Waals surface area contributed by atoms with Crippen LogP contribution in [0.15, 0.2) is 42.9 Å². The lowest BCUT2D eigenvalue weighted by atomic mass is 9.88. The number of carbonyl (C=O) groups is 3. The fraction of sp³-hybridized carbons (Fsp3) is 0.515. The van der Waals surface area contributed by atoms with Gasteiger partial charge in [-0.25, -0.2) is 4.39 Å². The van der Waals surface area contributed by atoms with Gasteiger partial charge in [-0.2, -0.15) is 0 Å². The third-order valence-corrected chi connectivity index (χ3v) is 10.3. The smallest absolute Gasteiger partial charge is 0.256 e. The van der Waals surface area contributed by atoms with Crippen LogP contribution in [0.2, 0.25) is 0 Å². The molecule has 3 saturated heterocycles. The van der Waals surface area contributed by atoms with E-state index in [0.717, 1.165) is 37.5 Å². The van der Waals surface area contributed by atoms with Gasteiger partial charge >= 0.3 is 0 Å². The maximum Gasteiger partial charge on any atom is 0.256 e. The van der Waals surface area contributed by atoms with Crippen LogP contribution in [0.1, 0.15) is 79.5 Å². The van der Waals surface area contributed by atoms with Gasteiger partial charge in [0, 0.05) is 60.5 Å². The summed E-state index contributed by atoms with van der Waals surface area (Å²) in [6.45, 7) is 5.21. The summed E-state index contributed by atoms with van der Waals surface area (Å²) >= 11 is 0. The molecule has 2 bridgehead atoms. The molecule has 0 unspecified atom stereocenters. The van der Waals surface area contributed by atoms with Crippen LogP contribution in [0.5, 0.6) is 0 Å². The summed E-state index contributed by atoms with van der Waals surface area (Å²) in [6.07, 6.45) is 11.6. The number of piperidine rings is 2. The van der Waals surface area contributed by atoms with E-state index in [1.54, 1.807) is 24.7 Å². The molecule has 4 aliphatic rings. The lowest BCUT2D eigenvalue weighted by Gasteiger charge is -2.35. The Labute approximate surface area is 245 Å². The molecule has 5 atom stereocenters. The number of hydrogen-bond acceptors (Lipinski definition) is 5. The van der Waals surface area contributed by atoms with Crippen LogP contribution in [0.25, 0.3) is 16.6 Å². The Kier molecular flexibility index (Phi) is 6.88. The number of benzene rings is 1. The predicted octanol–water partition coefficient (Wildman–Crippen LogP) is 4.74. The minimum atomic E-state index is -0.477. The van der Waals surface area contributed by atoms with E-state index in [2.05, 4.69) is 10.3 Å². The van der Waals surface area contributed by atoms with Gasteiger partial charge in [0.25, 0.3) is 5.91 Å². The highest BCUT2D eigenvalue weighted by molar-refractivity contribution is 6.10. The third kappa shape index (κ3) is 4.53. The van der Waals surface area contributed by atoms with Gasteiger partial charge < -0.3 is 19.7 Å². The number of Topliss-reactive ketones (excluding diaryl/α,β-unsaturated/α-hetero) is 1. The molecule has 8 nitrogen and oxygen atoms in total. The van der Waals surface area contributed by atoms with Crippen LogP contribution < -0.4 is 5.32 Å². The molecule has 1 saturated carbocycles. The van der Waals surface area contributed by atoms with Crippen molar-refractivity contribution in [1.29, 1.82) is 0 Å². The van der Waals surface area contributed by atoms with E-state index in [1.807, 2.05) is 34.3 Å². The van der Waals surface area contributed by atoms with Gasteiger partial charge in [0.2, 0.25) is 5.91 Å². The van der Waals surface area contributed by atoms with Crippen molar-refractivity contribution in [3.63, 3.8) is 0 Å². The normalized spacial score (nSPS) is 27.7. The summed E-state index contributed by atoms with van der Waals surface area (Å²) in [4.78, 5) is 49.1. The van der Waals surface area contributed by atoms with E-state index >= 15 is 0 Å². The van der Waals surface area contributed by atoms with Crippen molar-refractivity contribution >= 4 is 28.5 Å². The summed E-state index contributed by atoms with van der Waals surface area (Å²) in [7, 11) is 0. The number of nitrogens with one attached hydrogen (secondary N) is 1. The molecule has 3 aliphatic heterocycles. The monoisotopic (exact) mass is 571 g/mol. The number of amides is 2. The predicted molar refractivity (Wildman–Crippen MR) is 157 cm³/mol. The number of aromatic nitrogens is 2. The highest BCUT2D eigenvalue weighted by atomic mass is 19.1. The zero-order valence-electron chi connectivity index (χ0n) is 24.3. The first-order valence-corrected chi connectivity index (χ1v) is 15.5. The van der Waals surface area contributed by atoms with Crippen molar-refractivity contribution in [2.24, 2.45) is 11.8 Å². The molecule has 0 radical (unpaired) electrons. The van der Waals surface area contributed by atoms with Gasteiger partial charge in [0.15, 0.2) is 5.78 Å². The van der Waals surface area contributed by atoms with Gasteiger partial charge in [-0.05, 0) is 89.0 Å². The quantitative estimate of drug-likeness (QED) is 0.447. The molecule has 9 heteroatoms. The second kappa shape index (κ2) is 10.6. The zero-order chi connectivity index (χ0) is 29.1. The Morgan fingerprint density at radius 3 is 2.40 bits per heavy atom. The second-order valence-electron chi connectivity index (χ2n) is 12.8. The Morgan fingerprint density at radius 1 is 0.952 bits per heavy atom. The highest BCUT2D eigenvalue weighted by Gasteiger charge is 2.45. The van der Waals surface area contributed by atoms with Gasteiger partial charge in [0.1, 0.15) is 5.82 Å². The zero-order valence-corrected chi connectivity index (χ0v) is 24.3. The number of fused-ring (bicyclic) bond motifs is 3. The molecule has 1 N–H and O–H groups in total. The fourth-order valence-corrected chi connectivity index (χ4v) is 8.01. The summed E-state index contributed by atoms with van der Waals surface area (Å²) < 4.78 is 16.4. The molecular formula is C33H38FN5O3. The molecule has 2 amide bonds. The van der Waals surface area contributed by atoms with Crippen LogP contribution in [-0.4, -0.2) is 74.2 Å². The number of pyridine rings is 1. The number of ketones is 1. The van der Waals surface area contributed by atoms with E-state index in [-0.39, 0.29) is 47.2 Å². The van der Waals surface area contributed by atoms with E-state index in [9.17, 15) is 18.8 Å². The van der Waals surface area contributed by atoms with Crippen LogP contribution in [0, 0.1) is 17.7 Å². The molecule has 42 heavy (non-hydrogen) atoms. The van der Waals surface area contributed by atoms with Gasteiger partial charge in [-0.15, -0.1) is 0 Å². The van der Waals surface area contributed by atoms with Gasteiger partial charge in [-0.3, -0.25) is 19.4 Å². The first-order valence-electron chi connectivity index (χ1n) is 15.5. The average molecular weight is 572 g/mol. The highest BCUT2D eigenvalue weighted by Crippen LogP contribution is 2.37. The van der Waals surface area contributed by atoms with Crippen molar-refractivity contribution < 1.29 is 18.8 Å². The van der Waals surface area contributed by atoms with Crippen LogP contribution >= 0.6 is 0 Å². The molecule has 220 valence electrons. The van der Waals surface area contributed by atoms with Crippen molar-refractivity contribution in [3.8, 4) is 5.69 Å². The lowest BCUT2D eigenvalue weighted by molar-refractivity contribution is -0.135. The number of nitrogens with zero attached hydrogens (tertiary/aromatic N) is 4. The number of carbonyl (C=O) groups excluding carboxylic acids is 3. The Bertz CT molecular complexity index is 1550. The van der Waals surface area contributed by atoms with Gasteiger partial charge in [-0.1, -0.05) is 0 Å². The molecule has 3 aromatic rings. The maximum atomic E-state index is 14.5. The molecule has 1 aliphatic carbocycles. The van der Waals surface area contributed by atoms with Crippen molar-refractivity contribution in [1.82, 2.24) is 24.7 Å². The standard InChI is InChI=1S/C33H38FN5O3/c1-19-3-4-20(2)39(19)32(41)26-16-23(34)6-8-28(26)38-18-27(25-9-12-35-17-29(25)38)31(40)21-10-13-37(14-11-21)33(42)30-22-5-7-24(15-22)36-30/h6,8-9,12,16-22,24,30,36H,3-5,7,10-11,13-15H2,1-2H3/t19-,20+,22-,24+,30-/m0/s1. The SMILES string of the molecule is C[C@@H]1CC[C@H](C)N1C(=O)c1cc(F)ccc1-n1cc(C(=O)C2CCN(C(=O)[C@H]3N[C@@H]4CC[C@H]3C4)CC2)c2ccncc21. The molecule has 4 fully saturated rings. The first-order chi connectivity index (χ1) is 20.3. The maximum absolute atomic E-state index is 14.5. The summed E-state index contributed by atoms with van der Waals surface area (Å²) in [5.74, 6) is -0.216. The number of likely N-dealkylation sites (tertiary alicyclic amines) is 2. The Balaban J connectivity index is 1.16. The second-order valence-corrected chi connectivity index (χ2v) is 12.8. The Morgan fingerprint density at radius 2 is 1.71 bits per heavy atom. The molecule has 7 rings (SSSR count). The molecule has 1 aromatic carbocycles. The minimum Gasteiger partial charge on any atom is -0.341 e. The average Bonchev–Trinajstić information content (AvgIpc) is 3.80. The van der Waals surface area contributed by atoms with Crippen molar-refractivity contribution in [2.45, 2.75) is 83.0 Å². The van der Waals surface area contributed by atoms with Crippen LogP contribution in [-0.2, 0) is 4.79 Å². The minimum absolute atomic E-state index is 0.0341. The van der Waals surface area contributed by atoms with E-state index in [1.165, 1.54) is 12.1 Å². The fourth-order valence-electron chi connectivity index (χ4n) is 8.01. The van der Waals surface area contributed by atoms with Crippen LogP contribution in [0.3, 0.4) is 0 Å². The van der Waals surface area contributed by atoms with E-state index in [0.29, 0.717) is 54.7 Å². The molecular weight excluding hydrogens is 533 g/mol. The van der Waals surface area contributed by atoms with Gasteiger partial charge in [0.05, 0.1) is 29.0 Å². The van der Waals surface area contributed by atoms with Crippen LogP contribution in [0.4, 0.5) is 4.39 Å². The van der Waals surface area contributed by atoms with Crippen molar-refractivity contribution in [3.05, 3.63) is 59.8 Å². The molecule has 0 spiro atoms. The third-order valence-electron chi connectivity index (χ3n) is 10.3. The number of rotatable bonds is 5. The van der Waals surface area contributed by atoms with Crippen molar-refractivity contribution in [2.75, 3.05) is 13.1 Å². The molecule has 5 heterocycles. The topological polar surface area (TPSA) is 87.5 Å². The number of hydrogen-bond donors (Lipinski definition) is 1. The summed E-state index contributed by atoms with van der Waals surface area (Å²) in [5, 5.41) is 4.26. The van der Waals surface area contributed by atoms with E-state index < -0.39 is 5.82 Å². The Hall–Kier alpha value is -3.59. The largest absolute Gasteiger partial charge is 0.341 e. The first kappa shape index (κ1) is 27.3. The summed E-state index contributed by atoms with van der Waals surface area (Å²) in [5.41, 5.74) is 2.07. The molecule has 2 aromatic heterocycles. The number of halogens is 1.